The number of nitrogens with one attached hydrogen (secondary N) is 1. The lowest BCUT2D eigenvalue weighted by molar-refractivity contribution is 0.613. The van der Waals surface area contributed by atoms with Crippen LogP contribution >= 0.6 is 23.2 Å². The molecule has 0 aliphatic carbocycles. The van der Waals surface area contributed by atoms with Gasteiger partial charge in [-0.2, -0.15) is 0 Å². The van der Waals surface area contributed by atoms with Crippen LogP contribution in [-0.4, -0.2) is 19.1 Å². The Labute approximate surface area is 182 Å². The van der Waals surface area contributed by atoms with Gasteiger partial charge in [0.1, 0.15) is 5.82 Å². The second-order valence-corrected chi connectivity index (χ2v) is 7.83. The van der Waals surface area contributed by atoms with Crippen molar-refractivity contribution in [1.29, 1.82) is 0 Å². The van der Waals surface area contributed by atoms with Crippen LogP contribution in [0.4, 0.5) is 0 Å². The zero-order chi connectivity index (χ0) is 21.3. The van der Waals surface area contributed by atoms with Crippen LogP contribution in [0.2, 0.25) is 10.0 Å². The van der Waals surface area contributed by atoms with Crippen molar-refractivity contribution in [3.8, 4) is 11.4 Å². The maximum Gasteiger partial charge on any atom is 0.330 e. The fourth-order valence-electron chi connectivity index (χ4n) is 3.50. The van der Waals surface area contributed by atoms with E-state index in [1.807, 2.05) is 37.3 Å². The number of aromatic nitrogens is 4. The number of benzene rings is 2. The minimum absolute atomic E-state index is 0.334. The van der Waals surface area contributed by atoms with Crippen LogP contribution in [0.3, 0.4) is 0 Å². The lowest BCUT2D eigenvalue weighted by atomic mass is 10.2. The molecule has 154 valence electrons. The number of halogens is 2. The molecular weight excluding hydrogens is 423 g/mol. The number of H-pyrrole nitrogens is 1. The summed E-state index contributed by atoms with van der Waals surface area (Å²) >= 11 is 12.7. The van der Waals surface area contributed by atoms with E-state index in [1.54, 1.807) is 22.8 Å². The number of hydrogen-bond acceptors (Lipinski definition) is 3. The fourth-order valence-corrected chi connectivity index (χ4v) is 3.88. The highest BCUT2D eigenvalue weighted by atomic mass is 35.5. The second kappa shape index (κ2) is 8.50. The summed E-state index contributed by atoms with van der Waals surface area (Å²) in [6.07, 6.45) is 1.70. The molecule has 0 amide bonds. The van der Waals surface area contributed by atoms with Gasteiger partial charge in [0, 0.05) is 18.7 Å². The minimum Gasteiger partial charge on any atom is -0.314 e. The lowest BCUT2D eigenvalue weighted by Gasteiger charge is -2.11. The van der Waals surface area contributed by atoms with Crippen LogP contribution in [0.15, 0.2) is 58.1 Å². The average molecular weight is 443 g/mol. The molecule has 4 aromatic rings. The number of fused-ring (bicyclic) bond motifs is 1. The van der Waals surface area contributed by atoms with Crippen LogP contribution in [0.5, 0.6) is 0 Å². The molecule has 2 heterocycles. The average Bonchev–Trinajstić information content (AvgIpc) is 3.10. The third kappa shape index (κ3) is 3.68. The normalized spacial score (nSPS) is 11.3. The number of rotatable bonds is 6. The molecule has 8 heteroatoms. The van der Waals surface area contributed by atoms with Crippen molar-refractivity contribution in [1.82, 2.24) is 19.1 Å². The Kier molecular flexibility index (Phi) is 5.79. The first kappa shape index (κ1) is 20.4. The van der Waals surface area contributed by atoms with Gasteiger partial charge in [-0.15, -0.1) is 0 Å². The summed E-state index contributed by atoms with van der Waals surface area (Å²) in [5.41, 5.74) is 1.33. The van der Waals surface area contributed by atoms with Gasteiger partial charge in [-0.1, -0.05) is 72.9 Å². The molecule has 0 fully saturated rings. The molecule has 0 bridgehead atoms. The highest BCUT2D eigenvalue weighted by Gasteiger charge is 2.21. The standard InChI is InChI=1S/C22H20Cl2N4O2/c1-2-3-12-27-20-18(21(29)26-22(27)30)28(13-14-8-5-4-6-9-14)19(25-20)15-10-7-11-16(23)17(15)24/h4-11H,2-3,12-13H2,1H3,(H,26,29,30). The highest BCUT2D eigenvalue weighted by Crippen LogP contribution is 2.34. The SMILES string of the molecule is CCCCn1c(=O)[nH]c(=O)c2c1nc(-c1cccc(Cl)c1Cl)n2Cc1ccccc1. The molecular formula is C22H20Cl2N4O2. The van der Waals surface area contributed by atoms with Crippen LogP contribution in [0.25, 0.3) is 22.6 Å². The number of aryl methyl sites for hydroxylation is 1. The predicted octanol–water partition coefficient (Wildman–Crippen LogP) is 4.71. The van der Waals surface area contributed by atoms with E-state index in [0.29, 0.717) is 45.7 Å². The third-order valence-corrected chi connectivity index (χ3v) is 5.82. The summed E-state index contributed by atoms with van der Waals surface area (Å²) in [6.45, 7) is 2.90. The molecule has 0 aliphatic heterocycles. The Hall–Kier alpha value is -2.83. The smallest absolute Gasteiger partial charge is 0.314 e. The summed E-state index contributed by atoms with van der Waals surface area (Å²) in [4.78, 5) is 32.5. The van der Waals surface area contributed by atoms with Crippen LogP contribution in [0.1, 0.15) is 25.3 Å². The molecule has 30 heavy (non-hydrogen) atoms. The van der Waals surface area contributed by atoms with Crippen LogP contribution in [-0.2, 0) is 13.1 Å². The molecule has 0 radical (unpaired) electrons. The Morgan fingerprint density at radius 3 is 2.50 bits per heavy atom. The van der Waals surface area contributed by atoms with E-state index in [2.05, 4.69) is 4.98 Å². The van der Waals surface area contributed by atoms with Crippen LogP contribution in [0, 0.1) is 0 Å². The molecule has 0 saturated carbocycles. The maximum atomic E-state index is 12.8. The van der Waals surface area contributed by atoms with Crippen molar-refractivity contribution in [3.05, 3.63) is 85.0 Å². The molecule has 4 rings (SSSR count). The van der Waals surface area contributed by atoms with Gasteiger partial charge in [0.25, 0.3) is 5.56 Å². The van der Waals surface area contributed by atoms with Gasteiger partial charge in [-0.3, -0.25) is 14.3 Å². The largest absolute Gasteiger partial charge is 0.330 e. The van der Waals surface area contributed by atoms with Crippen molar-refractivity contribution < 1.29 is 0 Å². The van der Waals surface area contributed by atoms with Crippen LogP contribution < -0.4 is 11.2 Å². The number of nitrogens with zero attached hydrogens (tertiary/aromatic N) is 3. The minimum atomic E-state index is -0.476. The first-order valence-electron chi connectivity index (χ1n) is 9.73. The maximum absolute atomic E-state index is 12.8. The van der Waals surface area contributed by atoms with Gasteiger partial charge < -0.3 is 4.57 Å². The van der Waals surface area contributed by atoms with Gasteiger partial charge in [-0.05, 0) is 24.1 Å². The van der Waals surface area contributed by atoms with E-state index in [0.717, 1.165) is 18.4 Å². The predicted molar refractivity (Wildman–Crippen MR) is 121 cm³/mol. The second-order valence-electron chi connectivity index (χ2n) is 7.05. The third-order valence-electron chi connectivity index (χ3n) is 5.00. The molecule has 2 aromatic heterocycles. The number of unbranched alkanes of at least 4 members (excludes halogenated alkanes) is 1. The summed E-state index contributed by atoms with van der Waals surface area (Å²) in [5, 5.41) is 0.743. The molecule has 6 nitrogen and oxygen atoms in total. The first-order chi connectivity index (χ1) is 14.5. The molecule has 0 unspecified atom stereocenters. The van der Waals surface area contributed by atoms with E-state index in [9.17, 15) is 9.59 Å². The molecule has 0 spiro atoms. The highest BCUT2D eigenvalue weighted by molar-refractivity contribution is 6.43. The van der Waals surface area contributed by atoms with Crippen molar-refractivity contribution in [3.63, 3.8) is 0 Å². The summed E-state index contributed by atoms with van der Waals surface area (Å²) in [6, 6.07) is 15.0. The van der Waals surface area contributed by atoms with Gasteiger partial charge >= 0.3 is 5.69 Å². The Morgan fingerprint density at radius 1 is 1.00 bits per heavy atom. The van der Waals surface area contributed by atoms with E-state index in [1.165, 1.54) is 4.57 Å². The van der Waals surface area contributed by atoms with Gasteiger partial charge in [0.2, 0.25) is 0 Å². The molecule has 1 N–H and O–H groups in total. The van der Waals surface area contributed by atoms with Crippen molar-refractivity contribution in [2.24, 2.45) is 0 Å². The van der Waals surface area contributed by atoms with Crippen molar-refractivity contribution >= 4 is 34.4 Å². The Morgan fingerprint density at radius 2 is 1.77 bits per heavy atom. The molecule has 2 aromatic carbocycles. The number of imidazole rings is 1. The van der Waals surface area contributed by atoms with E-state index < -0.39 is 11.2 Å². The van der Waals surface area contributed by atoms with Gasteiger partial charge in [0.15, 0.2) is 11.2 Å². The zero-order valence-electron chi connectivity index (χ0n) is 16.4. The summed E-state index contributed by atoms with van der Waals surface area (Å²) in [5.74, 6) is 0.489. The van der Waals surface area contributed by atoms with E-state index in [-0.39, 0.29) is 0 Å². The van der Waals surface area contributed by atoms with Crippen molar-refractivity contribution in [2.75, 3.05) is 0 Å². The van der Waals surface area contributed by atoms with Crippen molar-refractivity contribution in [2.45, 2.75) is 32.9 Å². The lowest BCUT2D eigenvalue weighted by Crippen LogP contribution is -2.31. The number of hydrogen-bond donors (Lipinski definition) is 1. The Bertz CT molecular complexity index is 1320. The number of aromatic amines is 1. The van der Waals surface area contributed by atoms with E-state index >= 15 is 0 Å². The fraction of sp³-hybridized carbons (Fsp3) is 0.227. The monoisotopic (exact) mass is 442 g/mol. The Balaban J connectivity index is 2.05. The quantitative estimate of drug-likeness (QED) is 0.469. The summed E-state index contributed by atoms with van der Waals surface area (Å²) < 4.78 is 3.31. The van der Waals surface area contributed by atoms with Gasteiger partial charge in [-0.25, -0.2) is 9.78 Å². The topological polar surface area (TPSA) is 72.7 Å². The molecule has 0 aliphatic rings. The van der Waals surface area contributed by atoms with E-state index in [4.69, 9.17) is 28.2 Å². The first-order valence-corrected chi connectivity index (χ1v) is 10.5. The summed E-state index contributed by atoms with van der Waals surface area (Å²) in [7, 11) is 0. The zero-order valence-corrected chi connectivity index (χ0v) is 17.9. The molecule has 0 atom stereocenters. The molecule has 0 saturated heterocycles. The van der Waals surface area contributed by atoms with Gasteiger partial charge in [0.05, 0.1) is 10.0 Å².